The molecule has 212 valence electrons. The van der Waals surface area contributed by atoms with Crippen molar-refractivity contribution in [3.05, 3.63) is 87.8 Å². The highest BCUT2D eigenvalue weighted by atomic mass is 32.1. The molecule has 1 fully saturated rings. The maximum Gasteiger partial charge on any atom is 0.341 e. The summed E-state index contributed by atoms with van der Waals surface area (Å²) in [5.74, 6) is -0.630. The molecule has 1 aromatic heterocycles. The van der Waals surface area contributed by atoms with Gasteiger partial charge in [0.25, 0.3) is 5.91 Å². The molecular weight excluding hydrogens is 542 g/mol. The second-order valence-corrected chi connectivity index (χ2v) is 11.3. The number of esters is 1. The highest BCUT2D eigenvalue weighted by Crippen LogP contribution is 2.42. The van der Waals surface area contributed by atoms with E-state index >= 15 is 0 Å². The molecular formula is C31H37N3O4S2. The Balaban J connectivity index is 1.54. The van der Waals surface area contributed by atoms with Crippen molar-refractivity contribution in [2.45, 2.75) is 39.2 Å². The largest absolute Gasteiger partial charge is 0.465 e. The van der Waals surface area contributed by atoms with Crippen molar-refractivity contribution in [2.75, 3.05) is 38.6 Å². The van der Waals surface area contributed by atoms with Crippen LogP contribution in [0.1, 0.15) is 63.4 Å². The van der Waals surface area contributed by atoms with Crippen LogP contribution in [-0.2, 0) is 10.3 Å². The molecule has 1 amide bonds. The SMILES string of the molecule is CCN(CC)C(=O)c1sc(NC(=S)N2CCC(C(O)(c3ccccc3)c3ccccc3)CC2)c(C(=O)OC)c1C. The number of ether oxygens (including phenoxy) is 1. The third kappa shape index (κ3) is 5.77. The first kappa shape index (κ1) is 29.7. The number of thiophene rings is 1. The number of hydrogen-bond donors (Lipinski definition) is 2. The Hall–Kier alpha value is -3.27. The molecule has 0 atom stereocenters. The Morgan fingerprint density at radius 2 is 1.57 bits per heavy atom. The highest BCUT2D eigenvalue weighted by molar-refractivity contribution is 7.80. The molecule has 2 heterocycles. The molecule has 1 aliphatic heterocycles. The number of rotatable bonds is 8. The van der Waals surface area contributed by atoms with E-state index in [1.165, 1.54) is 18.4 Å². The van der Waals surface area contributed by atoms with Crippen LogP contribution in [0.4, 0.5) is 5.00 Å². The number of likely N-dealkylation sites (tertiary alicyclic amines) is 1. The molecule has 0 aliphatic carbocycles. The summed E-state index contributed by atoms with van der Waals surface area (Å²) in [6, 6.07) is 19.7. The lowest BCUT2D eigenvalue weighted by Crippen LogP contribution is -2.47. The summed E-state index contributed by atoms with van der Waals surface area (Å²) in [4.78, 5) is 30.2. The topological polar surface area (TPSA) is 82.1 Å². The number of benzene rings is 2. The molecule has 7 nitrogen and oxygen atoms in total. The quantitative estimate of drug-likeness (QED) is 0.263. The zero-order valence-corrected chi connectivity index (χ0v) is 25.1. The van der Waals surface area contributed by atoms with E-state index in [4.69, 9.17) is 17.0 Å². The van der Waals surface area contributed by atoms with Crippen LogP contribution < -0.4 is 5.32 Å². The zero-order valence-electron chi connectivity index (χ0n) is 23.5. The van der Waals surface area contributed by atoms with E-state index in [0.717, 1.165) is 24.0 Å². The van der Waals surface area contributed by atoms with Crippen molar-refractivity contribution in [1.82, 2.24) is 9.80 Å². The smallest absolute Gasteiger partial charge is 0.341 e. The van der Waals surface area contributed by atoms with Crippen molar-refractivity contribution < 1.29 is 19.4 Å². The molecule has 40 heavy (non-hydrogen) atoms. The first-order valence-electron chi connectivity index (χ1n) is 13.7. The van der Waals surface area contributed by atoms with Gasteiger partial charge in [0.05, 0.1) is 17.6 Å². The van der Waals surface area contributed by atoms with Gasteiger partial charge in [0, 0.05) is 26.2 Å². The van der Waals surface area contributed by atoms with Crippen molar-refractivity contribution in [3.63, 3.8) is 0 Å². The fourth-order valence-electron chi connectivity index (χ4n) is 5.51. The van der Waals surface area contributed by atoms with Gasteiger partial charge in [-0.25, -0.2) is 4.79 Å². The first-order valence-corrected chi connectivity index (χ1v) is 14.9. The molecule has 0 unspecified atom stereocenters. The molecule has 0 saturated carbocycles. The number of amides is 1. The molecule has 0 radical (unpaired) electrons. The van der Waals surface area contributed by atoms with Crippen LogP contribution in [0.2, 0.25) is 0 Å². The van der Waals surface area contributed by atoms with Gasteiger partial charge in [0.15, 0.2) is 5.11 Å². The Morgan fingerprint density at radius 3 is 2.05 bits per heavy atom. The van der Waals surface area contributed by atoms with Crippen molar-refractivity contribution >= 4 is 45.5 Å². The minimum Gasteiger partial charge on any atom is -0.465 e. The first-order chi connectivity index (χ1) is 19.3. The molecule has 2 aromatic carbocycles. The van der Waals surface area contributed by atoms with Crippen LogP contribution in [0.25, 0.3) is 0 Å². The Bertz CT molecular complexity index is 1290. The maximum absolute atomic E-state index is 13.1. The number of piperidine rings is 1. The fraction of sp³-hybridized carbons (Fsp3) is 0.387. The summed E-state index contributed by atoms with van der Waals surface area (Å²) in [6.45, 7) is 8.07. The van der Waals surface area contributed by atoms with Gasteiger partial charge in [-0.2, -0.15) is 0 Å². The van der Waals surface area contributed by atoms with Crippen molar-refractivity contribution in [2.24, 2.45) is 5.92 Å². The highest BCUT2D eigenvalue weighted by Gasteiger charge is 2.42. The van der Waals surface area contributed by atoms with E-state index in [9.17, 15) is 14.7 Å². The summed E-state index contributed by atoms with van der Waals surface area (Å²) in [5.41, 5.74) is 1.56. The molecule has 9 heteroatoms. The molecule has 1 saturated heterocycles. The van der Waals surface area contributed by atoms with Gasteiger partial charge in [-0.3, -0.25) is 4.79 Å². The van der Waals surface area contributed by atoms with Crippen LogP contribution in [0, 0.1) is 12.8 Å². The van der Waals surface area contributed by atoms with Crippen molar-refractivity contribution in [3.8, 4) is 0 Å². The minimum atomic E-state index is -1.12. The van der Waals surface area contributed by atoms with Crippen LogP contribution >= 0.6 is 23.6 Å². The number of nitrogens with one attached hydrogen (secondary N) is 1. The second kappa shape index (κ2) is 12.9. The Morgan fingerprint density at radius 1 is 1.05 bits per heavy atom. The lowest BCUT2D eigenvalue weighted by atomic mass is 9.72. The maximum atomic E-state index is 13.1. The third-order valence-electron chi connectivity index (χ3n) is 7.80. The average Bonchev–Trinajstić information content (AvgIpc) is 3.32. The zero-order chi connectivity index (χ0) is 28.9. The van der Waals surface area contributed by atoms with Crippen molar-refractivity contribution in [1.29, 1.82) is 0 Å². The standard InChI is InChI=1S/C31H37N3O4S2/c1-5-33(6-2)28(35)26-21(3)25(29(36)38-4)27(40-26)32-30(39)34-19-17-24(18-20-34)31(37,22-13-9-7-10-14-22)23-15-11-8-12-16-23/h7-16,24,37H,5-6,17-20H2,1-4H3,(H,32,39). The molecule has 3 aromatic rings. The van der Waals surface area contributed by atoms with Crippen LogP contribution in [0.5, 0.6) is 0 Å². The second-order valence-electron chi connectivity index (χ2n) is 9.92. The van der Waals surface area contributed by atoms with Crippen LogP contribution in [0.15, 0.2) is 60.7 Å². The van der Waals surface area contributed by atoms with E-state index < -0.39 is 11.6 Å². The van der Waals surface area contributed by atoms with Gasteiger partial charge in [-0.15, -0.1) is 11.3 Å². The number of aliphatic hydroxyl groups is 1. The van der Waals surface area contributed by atoms with Gasteiger partial charge in [-0.1, -0.05) is 60.7 Å². The van der Waals surface area contributed by atoms with Gasteiger partial charge in [-0.05, 0) is 68.4 Å². The summed E-state index contributed by atoms with van der Waals surface area (Å²) >= 11 is 7.02. The van der Waals surface area contributed by atoms with Crippen LogP contribution in [0.3, 0.4) is 0 Å². The molecule has 1 aliphatic rings. The summed E-state index contributed by atoms with van der Waals surface area (Å²) in [7, 11) is 1.33. The van der Waals surface area contributed by atoms with Gasteiger partial charge in [0.2, 0.25) is 0 Å². The summed E-state index contributed by atoms with van der Waals surface area (Å²) < 4.78 is 5.04. The van der Waals surface area contributed by atoms with E-state index in [2.05, 4.69) is 10.2 Å². The molecule has 0 spiro atoms. The van der Waals surface area contributed by atoms with E-state index in [1.54, 1.807) is 11.8 Å². The third-order valence-corrected chi connectivity index (χ3v) is 9.36. The average molecular weight is 580 g/mol. The minimum absolute atomic E-state index is 0.00995. The van der Waals surface area contributed by atoms with E-state index in [0.29, 0.717) is 52.3 Å². The van der Waals surface area contributed by atoms with Crippen LogP contribution in [-0.4, -0.2) is 65.2 Å². The predicted molar refractivity (Wildman–Crippen MR) is 164 cm³/mol. The number of carbonyl (C=O) groups excluding carboxylic acids is 2. The number of thiocarbonyl (C=S) groups is 1. The molecule has 4 rings (SSSR count). The number of hydrogen-bond acceptors (Lipinski definition) is 6. The lowest BCUT2D eigenvalue weighted by Gasteiger charge is -2.43. The van der Waals surface area contributed by atoms with Gasteiger partial charge < -0.3 is 25.0 Å². The fourth-order valence-corrected chi connectivity index (χ4v) is 7.02. The number of carbonyl (C=O) groups is 2. The predicted octanol–water partition coefficient (Wildman–Crippen LogP) is 5.67. The summed E-state index contributed by atoms with van der Waals surface area (Å²) in [5, 5.41) is 16.4. The summed E-state index contributed by atoms with van der Waals surface area (Å²) in [6.07, 6.45) is 1.45. The van der Waals surface area contributed by atoms with Gasteiger partial charge >= 0.3 is 5.97 Å². The number of methoxy groups -OCH3 is 1. The Kier molecular flexibility index (Phi) is 9.60. The van der Waals surface area contributed by atoms with E-state index in [-0.39, 0.29) is 11.8 Å². The van der Waals surface area contributed by atoms with E-state index in [1.807, 2.05) is 74.5 Å². The van der Waals surface area contributed by atoms with Gasteiger partial charge in [0.1, 0.15) is 10.6 Å². The normalized spacial score (nSPS) is 14.1. The number of anilines is 1. The molecule has 2 N–H and O–H groups in total. The molecule has 0 bridgehead atoms. The number of nitrogens with zero attached hydrogens (tertiary/aromatic N) is 2. The lowest BCUT2D eigenvalue weighted by molar-refractivity contribution is -0.00631. The monoisotopic (exact) mass is 579 g/mol. The Labute approximate surface area is 245 Å².